The van der Waals surface area contributed by atoms with Gasteiger partial charge in [-0.05, 0) is 19.2 Å². The number of likely N-dealkylation sites (N-methyl/N-ethyl adjacent to an activating group) is 1. The third-order valence-electron chi connectivity index (χ3n) is 2.37. The zero-order valence-corrected chi connectivity index (χ0v) is 8.37. The second-order valence-corrected chi connectivity index (χ2v) is 3.32. The fraction of sp³-hybridized carbons (Fsp3) is 0.455. The van der Waals surface area contributed by atoms with Crippen molar-refractivity contribution in [3.63, 3.8) is 0 Å². The van der Waals surface area contributed by atoms with E-state index < -0.39 is 0 Å². The van der Waals surface area contributed by atoms with Crippen LogP contribution in [0, 0.1) is 0 Å². The second-order valence-electron chi connectivity index (χ2n) is 3.32. The summed E-state index contributed by atoms with van der Waals surface area (Å²) in [7, 11) is 2.15. The van der Waals surface area contributed by atoms with Gasteiger partial charge in [0.1, 0.15) is 0 Å². The molecule has 1 rings (SSSR count). The predicted octanol–water partition coefficient (Wildman–Crippen LogP) is 1.49. The van der Waals surface area contributed by atoms with Gasteiger partial charge in [0.15, 0.2) is 0 Å². The van der Waals surface area contributed by atoms with Gasteiger partial charge in [-0.3, -0.25) is 0 Å². The van der Waals surface area contributed by atoms with Crippen molar-refractivity contribution in [1.29, 1.82) is 0 Å². The van der Waals surface area contributed by atoms with E-state index in [2.05, 4.69) is 30.0 Å². The highest BCUT2D eigenvalue weighted by Crippen LogP contribution is 2.09. The largest absolute Gasteiger partial charge is 0.369 e. The van der Waals surface area contributed by atoms with Gasteiger partial charge in [-0.25, -0.2) is 0 Å². The Labute approximate surface area is 80.8 Å². The quantitative estimate of drug-likeness (QED) is 0.604. The van der Waals surface area contributed by atoms with Gasteiger partial charge in [-0.1, -0.05) is 19.2 Å². The Hall–Kier alpha value is -1.02. The van der Waals surface area contributed by atoms with E-state index in [1.165, 1.54) is 5.70 Å². The molecule has 1 heterocycles. The molecule has 0 unspecified atom stereocenters. The van der Waals surface area contributed by atoms with Crippen LogP contribution in [0.2, 0.25) is 0 Å². The lowest BCUT2D eigenvalue weighted by molar-refractivity contribution is 0.190. The van der Waals surface area contributed by atoms with E-state index >= 15 is 0 Å². The summed E-state index contributed by atoms with van der Waals surface area (Å²) in [5.41, 5.74) is 1.18. The van der Waals surface area contributed by atoms with Crippen molar-refractivity contribution in [1.82, 2.24) is 9.80 Å². The molecule has 0 spiro atoms. The molecule has 0 atom stereocenters. The summed E-state index contributed by atoms with van der Waals surface area (Å²) in [5.74, 6) is 0. The molecule has 72 valence electrons. The number of rotatable bonds is 3. The van der Waals surface area contributed by atoms with Crippen molar-refractivity contribution in [3.05, 3.63) is 37.1 Å². The molecular formula is C11H18N2. The van der Waals surface area contributed by atoms with Crippen molar-refractivity contribution in [2.24, 2.45) is 0 Å². The Morgan fingerprint density at radius 2 is 1.77 bits per heavy atom. The summed E-state index contributed by atoms with van der Waals surface area (Å²) in [4.78, 5) is 4.68. The lowest BCUT2D eigenvalue weighted by Crippen LogP contribution is -2.43. The SMILES string of the molecule is C=C/C=C(\C=C)N1CCN(C)CC1. The van der Waals surface area contributed by atoms with Crippen LogP contribution in [0.4, 0.5) is 0 Å². The summed E-state index contributed by atoms with van der Waals surface area (Å²) in [5, 5.41) is 0. The Balaban J connectivity index is 2.56. The first-order chi connectivity index (χ1) is 6.27. The molecule has 1 fully saturated rings. The average molecular weight is 178 g/mol. The predicted molar refractivity (Wildman–Crippen MR) is 57.5 cm³/mol. The number of piperazine rings is 1. The van der Waals surface area contributed by atoms with Crippen LogP contribution in [-0.2, 0) is 0 Å². The molecule has 0 amide bonds. The first-order valence-electron chi connectivity index (χ1n) is 4.66. The van der Waals surface area contributed by atoms with E-state index in [0.717, 1.165) is 26.2 Å². The van der Waals surface area contributed by atoms with Gasteiger partial charge < -0.3 is 9.80 Å². The Morgan fingerprint density at radius 3 is 2.23 bits per heavy atom. The highest BCUT2D eigenvalue weighted by molar-refractivity contribution is 5.20. The summed E-state index contributed by atoms with van der Waals surface area (Å²) in [6, 6.07) is 0. The first kappa shape index (κ1) is 10.1. The highest BCUT2D eigenvalue weighted by Gasteiger charge is 2.13. The van der Waals surface area contributed by atoms with Gasteiger partial charge in [0.05, 0.1) is 0 Å². The average Bonchev–Trinajstić information content (AvgIpc) is 2.16. The summed E-state index contributed by atoms with van der Waals surface area (Å²) < 4.78 is 0. The minimum Gasteiger partial charge on any atom is -0.369 e. The lowest BCUT2D eigenvalue weighted by Gasteiger charge is -2.34. The molecule has 1 aliphatic rings. The molecule has 1 saturated heterocycles. The monoisotopic (exact) mass is 178 g/mol. The van der Waals surface area contributed by atoms with Gasteiger partial charge in [0, 0.05) is 31.9 Å². The Bertz CT molecular complexity index is 210. The first-order valence-corrected chi connectivity index (χ1v) is 4.66. The van der Waals surface area contributed by atoms with Crippen LogP contribution in [0.1, 0.15) is 0 Å². The van der Waals surface area contributed by atoms with Crippen LogP contribution >= 0.6 is 0 Å². The van der Waals surface area contributed by atoms with Gasteiger partial charge in [-0.15, -0.1) is 0 Å². The molecule has 2 heteroatoms. The smallest absolute Gasteiger partial charge is 0.0360 e. The minimum atomic E-state index is 1.09. The van der Waals surface area contributed by atoms with Crippen LogP contribution in [-0.4, -0.2) is 43.0 Å². The molecule has 13 heavy (non-hydrogen) atoms. The third-order valence-corrected chi connectivity index (χ3v) is 2.37. The molecule has 1 aliphatic heterocycles. The van der Waals surface area contributed by atoms with Gasteiger partial charge >= 0.3 is 0 Å². The Morgan fingerprint density at radius 1 is 1.15 bits per heavy atom. The summed E-state index contributed by atoms with van der Waals surface area (Å²) in [6.07, 6.45) is 5.72. The summed E-state index contributed by atoms with van der Waals surface area (Å²) >= 11 is 0. The molecule has 0 bridgehead atoms. The van der Waals surface area contributed by atoms with Crippen molar-refractivity contribution >= 4 is 0 Å². The fourth-order valence-corrected chi connectivity index (χ4v) is 1.49. The zero-order valence-electron chi connectivity index (χ0n) is 8.37. The molecule has 2 nitrogen and oxygen atoms in total. The van der Waals surface area contributed by atoms with Crippen LogP contribution in [0.15, 0.2) is 37.1 Å². The number of nitrogens with zero attached hydrogens (tertiary/aromatic N) is 2. The molecule has 0 saturated carbocycles. The van der Waals surface area contributed by atoms with Crippen LogP contribution in [0.5, 0.6) is 0 Å². The Kier molecular flexibility index (Phi) is 3.77. The molecule has 0 aromatic rings. The standard InChI is InChI=1S/C11H18N2/c1-4-6-11(5-2)13-9-7-12(3)8-10-13/h4-6H,1-2,7-10H2,3H3/b11-6+. The maximum Gasteiger partial charge on any atom is 0.0360 e. The van der Waals surface area contributed by atoms with E-state index in [1.54, 1.807) is 0 Å². The molecule has 0 aliphatic carbocycles. The minimum absolute atomic E-state index is 1.09. The lowest BCUT2D eigenvalue weighted by atomic mass is 10.2. The molecule has 0 radical (unpaired) electrons. The molecule has 0 aromatic carbocycles. The number of allylic oxidation sites excluding steroid dienone is 3. The van der Waals surface area contributed by atoms with E-state index in [1.807, 2.05) is 18.2 Å². The second kappa shape index (κ2) is 4.87. The van der Waals surface area contributed by atoms with Crippen LogP contribution in [0.3, 0.4) is 0 Å². The maximum atomic E-state index is 3.80. The highest BCUT2D eigenvalue weighted by atomic mass is 15.2. The molecule has 0 aromatic heterocycles. The van der Waals surface area contributed by atoms with E-state index in [4.69, 9.17) is 0 Å². The van der Waals surface area contributed by atoms with E-state index in [0.29, 0.717) is 0 Å². The topological polar surface area (TPSA) is 6.48 Å². The third kappa shape index (κ3) is 2.74. The van der Waals surface area contributed by atoms with Gasteiger partial charge in [-0.2, -0.15) is 0 Å². The summed E-state index contributed by atoms with van der Waals surface area (Å²) in [6.45, 7) is 11.9. The van der Waals surface area contributed by atoms with Crippen molar-refractivity contribution in [2.45, 2.75) is 0 Å². The number of hydrogen-bond acceptors (Lipinski definition) is 2. The van der Waals surface area contributed by atoms with Crippen LogP contribution in [0.25, 0.3) is 0 Å². The van der Waals surface area contributed by atoms with Crippen molar-refractivity contribution in [3.8, 4) is 0 Å². The number of hydrogen-bond donors (Lipinski definition) is 0. The molecule has 0 N–H and O–H groups in total. The van der Waals surface area contributed by atoms with E-state index in [-0.39, 0.29) is 0 Å². The fourth-order valence-electron chi connectivity index (χ4n) is 1.49. The van der Waals surface area contributed by atoms with Gasteiger partial charge in [0.2, 0.25) is 0 Å². The van der Waals surface area contributed by atoms with E-state index in [9.17, 15) is 0 Å². The van der Waals surface area contributed by atoms with Crippen molar-refractivity contribution in [2.75, 3.05) is 33.2 Å². The molecular weight excluding hydrogens is 160 g/mol. The maximum absolute atomic E-state index is 3.80. The normalized spacial score (nSPS) is 20.1. The zero-order chi connectivity index (χ0) is 9.68. The van der Waals surface area contributed by atoms with Crippen LogP contribution < -0.4 is 0 Å². The van der Waals surface area contributed by atoms with Crippen molar-refractivity contribution < 1.29 is 0 Å². The van der Waals surface area contributed by atoms with Gasteiger partial charge in [0.25, 0.3) is 0 Å².